The average molecular weight is 295 g/mol. The van der Waals surface area contributed by atoms with Crippen molar-refractivity contribution in [3.63, 3.8) is 0 Å². The first-order valence-corrected chi connectivity index (χ1v) is 6.59. The monoisotopic (exact) mass is 295 g/mol. The van der Waals surface area contributed by atoms with E-state index in [2.05, 4.69) is 11.7 Å². The van der Waals surface area contributed by atoms with E-state index >= 15 is 0 Å². The minimum absolute atomic E-state index is 0.250. The number of benzene rings is 2. The summed E-state index contributed by atoms with van der Waals surface area (Å²) in [5, 5.41) is 0. The Kier molecular flexibility index (Phi) is 4.53. The number of hydrogen-bond donors (Lipinski definition) is 1. The molecule has 0 aliphatic heterocycles. The van der Waals surface area contributed by atoms with Crippen LogP contribution in [0.25, 0.3) is 0 Å². The number of hydrogen-bond acceptors (Lipinski definition) is 2. The third kappa shape index (κ3) is 4.23. The van der Waals surface area contributed by atoms with Crippen LogP contribution in [0.5, 0.6) is 5.75 Å². The molecule has 0 aromatic heterocycles. The second-order valence-corrected chi connectivity index (χ2v) is 4.69. The molecule has 0 bridgehead atoms. The summed E-state index contributed by atoms with van der Waals surface area (Å²) in [6, 6.07) is 13.1. The Morgan fingerprint density at radius 3 is 1.86 bits per heavy atom. The smallest absolute Gasteiger partial charge is 0.406 e. The van der Waals surface area contributed by atoms with Gasteiger partial charge in [-0.25, -0.2) is 0 Å². The second kappa shape index (κ2) is 6.18. The van der Waals surface area contributed by atoms with Gasteiger partial charge in [0.15, 0.2) is 0 Å². The number of alkyl halides is 3. The molecule has 2 aromatic carbocycles. The van der Waals surface area contributed by atoms with Crippen LogP contribution in [0.3, 0.4) is 0 Å². The van der Waals surface area contributed by atoms with Crippen LogP contribution in [0.2, 0.25) is 0 Å². The standard InChI is InChI=1S/C16H16F3NO/c1-2-11-3-5-12(6-4-11)15(20)13-7-9-14(10-8-13)21-16(17,18)19/h3-10,15H,2,20H2,1H3/t15-/m1/s1. The second-order valence-electron chi connectivity index (χ2n) is 4.69. The van der Waals surface area contributed by atoms with E-state index in [1.165, 1.54) is 17.7 Å². The van der Waals surface area contributed by atoms with Gasteiger partial charge in [-0.3, -0.25) is 0 Å². The molecule has 2 aromatic rings. The van der Waals surface area contributed by atoms with Crippen molar-refractivity contribution in [1.82, 2.24) is 0 Å². The first kappa shape index (κ1) is 15.4. The van der Waals surface area contributed by atoms with Crippen LogP contribution in [-0.4, -0.2) is 6.36 Å². The lowest BCUT2D eigenvalue weighted by Gasteiger charge is -2.14. The molecule has 0 aliphatic rings. The lowest BCUT2D eigenvalue weighted by Crippen LogP contribution is -2.17. The topological polar surface area (TPSA) is 35.2 Å². The van der Waals surface area contributed by atoms with Gasteiger partial charge < -0.3 is 10.5 Å². The maximum absolute atomic E-state index is 12.1. The Labute approximate surface area is 121 Å². The number of halogens is 3. The third-order valence-electron chi connectivity index (χ3n) is 3.22. The van der Waals surface area contributed by atoms with Crippen molar-refractivity contribution in [3.8, 4) is 5.75 Å². The summed E-state index contributed by atoms with van der Waals surface area (Å²) in [4.78, 5) is 0. The highest BCUT2D eigenvalue weighted by Gasteiger charge is 2.31. The Balaban J connectivity index is 2.13. The average Bonchev–Trinajstić information content (AvgIpc) is 2.46. The van der Waals surface area contributed by atoms with E-state index < -0.39 is 6.36 Å². The van der Waals surface area contributed by atoms with Crippen LogP contribution in [-0.2, 0) is 6.42 Å². The number of nitrogens with two attached hydrogens (primary N) is 1. The summed E-state index contributed by atoms with van der Waals surface area (Å²) in [6.07, 6.45) is -3.74. The van der Waals surface area contributed by atoms with Crippen LogP contribution < -0.4 is 10.5 Å². The van der Waals surface area contributed by atoms with Gasteiger partial charge in [0.25, 0.3) is 0 Å². The van der Waals surface area contributed by atoms with Crippen molar-refractivity contribution in [2.24, 2.45) is 5.73 Å². The molecular formula is C16H16F3NO. The lowest BCUT2D eigenvalue weighted by molar-refractivity contribution is -0.274. The zero-order chi connectivity index (χ0) is 15.5. The van der Waals surface area contributed by atoms with E-state index in [-0.39, 0.29) is 11.8 Å². The molecular weight excluding hydrogens is 279 g/mol. The van der Waals surface area contributed by atoms with Crippen molar-refractivity contribution in [1.29, 1.82) is 0 Å². The molecule has 0 fully saturated rings. The predicted octanol–water partition coefficient (Wildman–Crippen LogP) is 4.20. The zero-order valence-corrected chi connectivity index (χ0v) is 11.5. The van der Waals surface area contributed by atoms with Gasteiger partial charge >= 0.3 is 6.36 Å². The Bertz CT molecular complexity index is 576. The fourth-order valence-corrected chi connectivity index (χ4v) is 2.03. The number of aryl methyl sites for hydroxylation is 1. The fourth-order valence-electron chi connectivity index (χ4n) is 2.03. The summed E-state index contributed by atoms with van der Waals surface area (Å²) in [6.45, 7) is 2.06. The van der Waals surface area contributed by atoms with Crippen molar-refractivity contribution in [3.05, 3.63) is 65.2 Å². The molecule has 0 saturated carbocycles. The zero-order valence-electron chi connectivity index (χ0n) is 11.5. The van der Waals surface area contributed by atoms with Crippen LogP contribution in [0.15, 0.2) is 48.5 Å². The number of rotatable bonds is 4. The van der Waals surface area contributed by atoms with Gasteiger partial charge in [0, 0.05) is 0 Å². The quantitative estimate of drug-likeness (QED) is 0.917. The molecule has 1 atom stereocenters. The van der Waals surface area contributed by atoms with Crippen molar-refractivity contribution < 1.29 is 17.9 Å². The van der Waals surface area contributed by atoms with Gasteiger partial charge in [-0.05, 0) is 35.2 Å². The minimum Gasteiger partial charge on any atom is -0.406 e. The molecule has 5 heteroatoms. The molecule has 2 nitrogen and oxygen atoms in total. The molecule has 112 valence electrons. The van der Waals surface area contributed by atoms with Gasteiger partial charge in [0.2, 0.25) is 0 Å². The molecule has 0 unspecified atom stereocenters. The van der Waals surface area contributed by atoms with Gasteiger partial charge in [-0.1, -0.05) is 43.3 Å². The summed E-state index contributed by atoms with van der Waals surface area (Å²) >= 11 is 0. The Hall–Kier alpha value is -2.01. The van der Waals surface area contributed by atoms with E-state index in [0.717, 1.165) is 17.5 Å². The Morgan fingerprint density at radius 2 is 1.43 bits per heavy atom. The van der Waals surface area contributed by atoms with Crippen molar-refractivity contribution in [2.45, 2.75) is 25.7 Å². The predicted molar refractivity (Wildman–Crippen MR) is 75.0 cm³/mol. The van der Waals surface area contributed by atoms with Crippen molar-refractivity contribution in [2.75, 3.05) is 0 Å². The van der Waals surface area contributed by atoms with E-state index in [1.54, 1.807) is 12.1 Å². The van der Waals surface area contributed by atoms with E-state index in [4.69, 9.17) is 5.73 Å². The van der Waals surface area contributed by atoms with E-state index in [9.17, 15) is 13.2 Å². The van der Waals surface area contributed by atoms with Gasteiger partial charge in [0.1, 0.15) is 5.75 Å². The van der Waals surface area contributed by atoms with Crippen LogP contribution in [0, 0.1) is 0 Å². The highest BCUT2D eigenvalue weighted by atomic mass is 19.4. The van der Waals surface area contributed by atoms with Crippen LogP contribution >= 0.6 is 0 Å². The molecule has 0 heterocycles. The van der Waals surface area contributed by atoms with Gasteiger partial charge in [-0.15, -0.1) is 13.2 Å². The minimum atomic E-state index is -4.68. The lowest BCUT2D eigenvalue weighted by atomic mass is 9.98. The summed E-state index contributed by atoms with van der Waals surface area (Å²) < 4.78 is 40.1. The van der Waals surface area contributed by atoms with Crippen LogP contribution in [0.1, 0.15) is 29.7 Å². The molecule has 0 saturated heterocycles. The maximum atomic E-state index is 12.1. The highest BCUT2D eigenvalue weighted by Crippen LogP contribution is 2.26. The van der Waals surface area contributed by atoms with E-state index in [0.29, 0.717) is 0 Å². The molecule has 2 rings (SSSR count). The first-order chi connectivity index (χ1) is 9.89. The molecule has 21 heavy (non-hydrogen) atoms. The van der Waals surface area contributed by atoms with Crippen LogP contribution in [0.4, 0.5) is 13.2 Å². The van der Waals surface area contributed by atoms with Gasteiger partial charge in [-0.2, -0.15) is 0 Å². The summed E-state index contributed by atoms with van der Waals surface area (Å²) in [5.74, 6) is -0.250. The highest BCUT2D eigenvalue weighted by molar-refractivity contribution is 5.36. The third-order valence-corrected chi connectivity index (χ3v) is 3.22. The molecule has 0 spiro atoms. The van der Waals surface area contributed by atoms with Crippen molar-refractivity contribution >= 4 is 0 Å². The number of ether oxygens (including phenoxy) is 1. The molecule has 0 amide bonds. The molecule has 2 N–H and O–H groups in total. The largest absolute Gasteiger partial charge is 0.573 e. The Morgan fingerprint density at radius 1 is 0.952 bits per heavy atom. The molecule has 0 radical (unpaired) electrons. The fraction of sp³-hybridized carbons (Fsp3) is 0.250. The summed E-state index contributed by atoms with van der Waals surface area (Å²) in [5.41, 5.74) is 8.97. The maximum Gasteiger partial charge on any atom is 0.573 e. The van der Waals surface area contributed by atoms with E-state index in [1.807, 2.05) is 24.3 Å². The van der Waals surface area contributed by atoms with Gasteiger partial charge in [0.05, 0.1) is 6.04 Å². The normalized spacial score (nSPS) is 13.0. The summed E-state index contributed by atoms with van der Waals surface area (Å²) in [7, 11) is 0. The first-order valence-electron chi connectivity index (χ1n) is 6.59. The molecule has 0 aliphatic carbocycles. The SMILES string of the molecule is CCc1ccc([C@@H](N)c2ccc(OC(F)(F)F)cc2)cc1.